The molecule has 17 heavy (non-hydrogen) atoms. The summed E-state index contributed by atoms with van der Waals surface area (Å²) in [6.45, 7) is 0. The molecule has 1 aromatic carbocycles. The van der Waals surface area contributed by atoms with E-state index in [1.54, 1.807) is 0 Å². The van der Waals surface area contributed by atoms with Gasteiger partial charge in [-0.05, 0) is 24.1 Å². The molecule has 0 radical (unpaired) electrons. The molecule has 0 saturated heterocycles. The second-order valence-corrected chi connectivity index (χ2v) is 6.07. The van der Waals surface area contributed by atoms with E-state index in [0.29, 0.717) is 5.56 Å². The number of hydrazine groups is 1. The van der Waals surface area contributed by atoms with Crippen LogP contribution in [0, 0.1) is 11.6 Å². The molecule has 1 rings (SSSR count). The molecule has 0 aromatic heterocycles. The first-order chi connectivity index (χ1) is 7.83. The van der Waals surface area contributed by atoms with E-state index in [-0.39, 0.29) is 12.2 Å². The van der Waals surface area contributed by atoms with Crippen molar-refractivity contribution < 1.29 is 17.2 Å². The molecule has 0 aliphatic rings. The predicted molar refractivity (Wildman–Crippen MR) is 60.7 cm³/mol. The Hall–Kier alpha value is -1.05. The molecule has 1 aromatic rings. The van der Waals surface area contributed by atoms with Gasteiger partial charge in [-0.1, -0.05) is 6.07 Å². The molecule has 0 fully saturated rings. The van der Waals surface area contributed by atoms with Crippen molar-refractivity contribution in [3.8, 4) is 0 Å². The Kier molecular flexibility index (Phi) is 4.55. The highest BCUT2D eigenvalue weighted by molar-refractivity contribution is 7.90. The average Bonchev–Trinajstić information content (AvgIpc) is 2.22. The van der Waals surface area contributed by atoms with Crippen LogP contribution in [-0.4, -0.2) is 20.4 Å². The third-order valence-electron chi connectivity index (χ3n) is 2.32. The van der Waals surface area contributed by atoms with Crippen molar-refractivity contribution in [1.29, 1.82) is 0 Å². The van der Waals surface area contributed by atoms with Crippen LogP contribution in [0.2, 0.25) is 0 Å². The molecule has 0 saturated carbocycles. The molecule has 0 bridgehead atoms. The third kappa shape index (κ3) is 4.37. The first-order valence-corrected chi connectivity index (χ1v) is 6.98. The molecular weight excluding hydrogens is 250 g/mol. The van der Waals surface area contributed by atoms with Crippen LogP contribution in [0.15, 0.2) is 18.2 Å². The van der Waals surface area contributed by atoms with Crippen molar-refractivity contribution >= 4 is 9.84 Å². The highest BCUT2D eigenvalue weighted by Crippen LogP contribution is 2.19. The minimum atomic E-state index is -3.12. The van der Waals surface area contributed by atoms with Gasteiger partial charge in [0.1, 0.15) is 9.84 Å². The lowest BCUT2D eigenvalue weighted by Crippen LogP contribution is -2.29. The van der Waals surface area contributed by atoms with Gasteiger partial charge in [-0.2, -0.15) is 0 Å². The summed E-state index contributed by atoms with van der Waals surface area (Å²) in [5.41, 5.74) is 2.80. The number of hydrogen-bond donors (Lipinski definition) is 2. The van der Waals surface area contributed by atoms with Crippen molar-refractivity contribution in [3.63, 3.8) is 0 Å². The van der Waals surface area contributed by atoms with Gasteiger partial charge in [0.25, 0.3) is 0 Å². The first-order valence-electron chi connectivity index (χ1n) is 4.92. The summed E-state index contributed by atoms with van der Waals surface area (Å²) < 4.78 is 47.7. The molecule has 0 heterocycles. The van der Waals surface area contributed by atoms with Gasteiger partial charge in [0.15, 0.2) is 11.6 Å². The van der Waals surface area contributed by atoms with Gasteiger partial charge in [-0.25, -0.2) is 17.2 Å². The molecule has 4 nitrogen and oxygen atoms in total. The van der Waals surface area contributed by atoms with Crippen LogP contribution < -0.4 is 11.3 Å². The Morgan fingerprint density at radius 2 is 2.00 bits per heavy atom. The van der Waals surface area contributed by atoms with Crippen LogP contribution in [0.5, 0.6) is 0 Å². The van der Waals surface area contributed by atoms with Crippen LogP contribution in [0.25, 0.3) is 0 Å². The van der Waals surface area contributed by atoms with Crippen molar-refractivity contribution in [2.75, 3.05) is 12.0 Å². The topological polar surface area (TPSA) is 72.2 Å². The molecule has 96 valence electrons. The Morgan fingerprint density at radius 1 is 1.35 bits per heavy atom. The normalized spacial score (nSPS) is 13.6. The van der Waals surface area contributed by atoms with Gasteiger partial charge >= 0.3 is 0 Å². The van der Waals surface area contributed by atoms with Gasteiger partial charge in [0.05, 0.1) is 5.75 Å². The summed E-state index contributed by atoms with van der Waals surface area (Å²) in [5, 5.41) is 0. The van der Waals surface area contributed by atoms with Crippen molar-refractivity contribution in [1.82, 2.24) is 5.43 Å². The number of nitrogens with two attached hydrogens (primary N) is 1. The summed E-state index contributed by atoms with van der Waals surface area (Å²) in [6, 6.07) is 2.82. The van der Waals surface area contributed by atoms with Gasteiger partial charge in [0.2, 0.25) is 0 Å². The van der Waals surface area contributed by atoms with Crippen LogP contribution in [0.4, 0.5) is 8.78 Å². The minimum absolute atomic E-state index is 0.0825. The lowest BCUT2D eigenvalue weighted by molar-refractivity contribution is 0.494. The molecule has 0 spiro atoms. The second kappa shape index (κ2) is 5.52. The largest absolute Gasteiger partial charge is 0.271 e. The van der Waals surface area contributed by atoms with Crippen LogP contribution in [0.3, 0.4) is 0 Å². The summed E-state index contributed by atoms with van der Waals surface area (Å²) in [7, 11) is -3.12. The van der Waals surface area contributed by atoms with E-state index in [2.05, 4.69) is 5.43 Å². The molecule has 3 N–H and O–H groups in total. The number of sulfone groups is 1. The predicted octanol–water partition coefficient (Wildman–Crippen LogP) is 0.904. The summed E-state index contributed by atoms with van der Waals surface area (Å²) >= 11 is 0. The Labute approximate surface area is 98.7 Å². The standard InChI is InChI=1S/C10H14F2N2O2S/c1-17(15,16)5-4-10(14-13)7-2-3-8(11)9(12)6-7/h2-3,6,10,14H,4-5,13H2,1H3. The van der Waals surface area contributed by atoms with E-state index in [0.717, 1.165) is 18.4 Å². The molecule has 0 aliphatic carbocycles. The maximum atomic E-state index is 13.0. The molecule has 1 unspecified atom stereocenters. The smallest absolute Gasteiger partial charge is 0.159 e. The van der Waals surface area contributed by atoms with Crippen molar-refractivity contribution in [2.24, 2.45) is 5.84 Å². The molecule has 7 heteroatoms. The summed E-state index contributed by atoms with van der Waals surface area (Å²) in [4.78, 5) is 0. The number of nitrogens with one attached hydrogen (secondary N) is 1. The van der Waals surface area contributed by atoms with E-state index in [1.165, 1.54) is 6.07 Å². The van der Waals surface area contributed by atoms with Crippen LogP contribution in [-0.2, 0) is 9.84 Å². The quantitative estimate of drug-likeness (QED) is 0.612. The molecule has 0 aliphatic heterocycles. The van der Waals surface area contributed by atoms with E-state index in [9.17, 15) is 17.2 Å². The monoisotopic (exact) mass is 264 g/mol. The summed E-state index contributed by atoms with van der Waals surface area (Å²) in [6.07, 6.45) is 1.30. The van der Waals surface area contributed by atoms with E-state index < -0.39 is 27.5 Å². The average molecular weight is 264 g/mol. The lowest BCUT2D eigenvalue weighted by Gasteiger charge is -2.15. The Bertz CT molecular complexity index is 491. The van der Waals surface area contributed by atoms with E-state index in [4.69, 9.17) is 5.84 Å². The zero-order valence-corrected chi connectivity index (χ0v) is 10.1. The summed E-state index contributed by atoms with van der Waals surface area (Å²) in [5.74, 6) is 3.24. The van der Waals surface area contributed by atoms with E-state index >= 15 is 0 Å². The Morgan fingerprint density at radius 3 is 2.47 bits per heavy atom. The fourth-order valence-electron chi connectivity index (χ4n) is 1.41. The number of hydrogen-bond acceptors (Lipinski definition) is 4. The van der Waals surface area contributed by atoms with Gasteiger partial charge in [-0.15, -0.1) is 0 Å². The number of halogens is 2. The van der Waals surface area contributed by atoms with Crippen molar-refractivity contribution in [3.05, 3.63) is 35.4 Å². The maximum Gasteiger partial charge on any atom is 0.159 e. The SMILES string of the molecule is CS(=O)(=O)CCC(NN)c1ccc(F)c(F)c1. The van der Waals surface area contributed by atoms with Gasteiger partial charge in [-0.3, -0.25) is 11.3 Å². The lowest BCUT2D eigenvalue weighted by atomic mass is 10.1. The maximum absolute atomic E-state index is 13.0. The van der Waals surface area contributed by atoms with Crippen molar-refractivity contribution in [2.45, 2.75) is 12.5 Å². The number of rotatable bonds is 5. The zero-order chi connectivity index (χ0) is 13.1. The second-order valence-electron chi connectivity index (χ2n) is 3.81. The van der Waals surface area contributed by atoms with Gasteiger partial charge in [0, 0.05) is 12.3 Å². The van der Waals surface area contributed by atoms with Crippen LogP contribution >= 0.6 is 0 Å². The fourth-order valence-corrected chi connectivity index (χ4v) is 2.07. The minimum Gasteiger partial charge on any atom is -0.271 e. The highest BCUT2D eigenvalue weighted by Gasteiger charge is 2.14. The fraction of sp³-hybridized carbons (Fsp3) is 0.400. The Balaban J connectivity index is 2.83. The third-order valence-corrected chi connectivity index (χ3v) is 3.30. The highest BCUT2D eigenvalue weighted by atomic mass is 32.2. The van der Waals surface area contributed by atoms with Gasteiger partial charge < -0.3 is 0 Å². The zero-order valence-electron chi connectivity index (χ0n) is 9.28. The van der Waals surface area contributed by atoms with Crippen LogP contribution in [0.1, 0.15) is 18.0 Å². The number of benzene rings is 1. The van der Waals surface area contributed by atoms with E-state index in [1.807, 2.05) is 0 Å². The molecular formula is C10H14F2N2O2S. The molecule has 0 amide bonds. The first kappa shape index (κ1) is 14.0. The molecule has 1 atom stereocenters.